The van der Waals surface area contributed by atoms with E-state index in [2.05, 4.69) is 11.9 Å². The van der Waals surface area contributed by atoms with E-state index in [9.17, 15) is 9.59 Å². The number of morpholine rings is 1. The van der Waals surface area contributed by atoms with Gasteiger partial charge in [0.1, 0.15) is 0 Å². The number of benzene rings is 1. The second kappa shape index (κ2) is 7.75. The van der Waals surface area contributed by atoms with Crippen molar-refractivity contribution in [1.29, 1.82) is 0 Å². The van der Waals surface area contributed by atoms with E-state index in [1.54, 1.807) is 0 Å². The fraction of sp³-hybridized carbons (Fsp3) is 0.412. The van der Waals surface area contributed by atoms with E-state index in [1.807, 2.05) is 42.2 Å². The molecule has 1 heterocycles. The summed E-state index contributed by atoms with van der Waals surface area (Å²) in [5.74, 6) is -0.240. The number of nitrogens with zero attached hydrogens (tertiary/aromatic N) is 1. The van der Waals surface area contributed by atoms with E-state index < -0.39 is 0 Å². The number of amides is 2. The molecule has 0 bridgehead atoms. The van der Waals surface area contributed by atoms with Crippen LogP contribution in [0.1, 0.15) is 24.9 Å². The van der Waals surface area contributed by atoms with Crippen LogP contribution in [-0.4, -0.2) is 42.5 Å². The second-order valence-electron chi connectivity index (χ2n) is 5.36. The molecule has 1 aliphatic rings. The molecule has 5 nitrogen and oxygen atoms in total. The fourth-order valence-corrected chi connectivity index (χ4v) is 2.54. The van der Waals surface area contributed by atoms with E-state index >= 15 is 0 Å². The van der Waals surface area contributed by atoms with Crippen molar-refractivity contribution < 1.29 is 14.3 Å². The van der Waals surface area contributed by atoms with Crippen molar-refractivity contribution in [3.05, 3.63) is 48.6 Å². The Hall–Kier alpha value is -2.14. The molecule has 0 spiro atoms. The van der Waals surface area contributed by atoms with Crippen molar-refractivity contribution in [1.82, 2.24) is 10.2 Å². The maximum atomic E-state index is 12.5. The molecule has 1 aromatic carbocycles. The van der Waals surface area contributed by atoms with Crippen LogP contribution in [0.5, 0.6) is 0 Å². The van der Waals surface area contributed by atoms with Gasteiger partial charge >= 0.3 is 0 Å². The summed E-state index contributed by atoms with van der Waals surface area (Å²) in [6, 6.07) is 9.81. The first-order valence-electron chi connectivity index (χ1n) is 7.48. The number of carbonyl (C=O) groups excluding carboxylic acids is 2. The Bertz CT molecular complexity index is 530. The van der Waals surface area contributed by atoms with Crippen molar-refractivity contribution in [3.8, 4) is 0 Å². The van der Waals surface area contributed by atoms with Crippen LogP contribution in [0.4, 0.5) is 0 Å². The predicted molar refractivity (Wildman–Crippen MR) is 84.1 cm³/mol. The molecule has 0 radical (unpaired) electrons. The number of hydrogen-bond donors (Lipinski definition) is 1. The van der Waals surface area contributed by atoms with Gasteiger partial charge < -0.3 is 15.0 Å². The third-order valence-electron chi connectivity index (χ3n) is 3.70. The molecule has 1 aromatic rings. The first kappa shape index (κ1) is 16.2. The third-order valence-corrected chi connectivity index (χ3v) is 3.70. The highest BCUT2D eigenvalue weighted by molar-refractivity contribution is 5.87. The largest absolute Gasteiger partial charge is 0.374 e. The average Bonchev–Trinajstić information content (AvgIpc) is 2.55. The summed E-state index contributed by atoms with van der Waals surface area (Å²) in [4.78, 5) is 25.5. The minimum absolute atomic E-state index is 0.0201. The summed E-state index contributed by atoms with van der Waals surface area (Å²) in [5, 5.41) is 2.63. The quantitative estimate of drug-likeness (QED) is 0.842. The summed E-state index contributed by atoms with van der Waals surface area (Å²) in [6.07, 6.45) is 1.50. The molecule has 1 fully saturated rings. The molecular formula is C17H22N2O3. The van der Waals surface area contributed by atoms with Gasteiger partial charge in [-0.1, -0.05) is 36.9 Å². The molecule has 1 saturated heterocycles. The van der Waals surface area contributed by atoms with E-state index in [0.29, 0.717) is 19.7 Å². The molecule has 22 heavy (non-hydrogen) atoms. The highest BCUT2D eigenvalue weighted by atomic mass is 16.5. The number of carbonyl (C=O) groups is 2. The van der Waals surface area contributed by atoms with Gasteiger partial charge in [-0.2, -0.15) is 0 Å². The third kappa shape index (κ3) is 4.18. The smallest absolute Gasteiger partial charge is 0.243 e. The number of nitrogens with one attached hydrogen (secondary N) is 1. The van der Waals surface area contributed by atoms with Gasteiger partial charge in [0, 0.05) is 19.5 Å². The second-order valence-corrected chi connectivity index (χ2v) is 5.36. The van der Waals surface area contributed by atoms with Gasteiger partial charge in [0.2, 0.25) is 11.8 Å². The van der Waals surface area contributed by atoms with Crippen LogP contribution in [0.25, 0.3) is 0 Å². The van der Waals surface area contributed by atoms with Gasteiger partial charge in [-0.3, -0.25) is 9.59 Å². The van der Waals surface area contributed by atoms with Gasteiger partial charge in [-0.15, -0.1) is 0 Å². The summed E-state index contributed by atoms with van der Waals surface area (Å²) in [7, 11) is 0. The molecule has 2 atom stereocenters. The minimum Gasteiger partial charge on any atom is -0.374 e. The molecule has 118 valence electrons. The fourth-order valence-electron chi connectivity index (χ4n) is 2.54. The van der Waals surface area contributed by atoms with Gasteiger partial charge in [-0.25, -0.2) is 0 Å². The number of ether oxygens (including phenoxy) is 1. The Morgan fingerprint density at radius 1 is 1.41 bits per heavy atom. The van der Waals surface area contributed by atoms with Crippen LogP contribution in [-0.2, 0) is 14.3 Å². The van der Waals surface area contributed by atoms with Crippen molar-refractivity contribution >= 4 is 11.8 Å². The maximum absolute atomic E-state index is 12.5. The Morgan fingerprint density at radius 3 is 2.82 bits per heavy atom. The Labute approximate surface area is 130 Å². The molecule has 0 aliphatic carbocycles. The zero-order valence-electron chi connectivity index (χ0n) is 12.8. The van der Waals surface area contributed by atoms with Gasteiger partial charge in [-0.05, 0) is 18.6 Å². The Morgan fingerprint density at radius 2 is 2.14 bits per heavy atom. The Balaban J connectivity index is 2.01. The van der Waals surface area contributed by atoms with Crippen molar-refractivity contribution in [2.45, 2.75) is 25.5 Å². The van der Waals surface area contributed by atoms with Gasteiger partial charge in [0.15, 0.2) is 0 Å². The van der Waals surface area contributed by atoms with Crippen LogP contribution in [0.2, 0.25) is 0 Å². The Kier molecular flexibility index (Phi) is 5.72. The monoisotopic (exact) mass is 302 g/mol. The lowest BCUT2D eigenvalue weighted by Gasteiger charge is -2.39. The van der Waals surface area contributed by atoms with E-state index in [-0.39, 0.29) is 30.4 Å². The summed E-state index contributed by atoms with van der Waals surface area (Å²) < 4.78 is 5.71. The van der Waals surface area contributed by atoms with Crippen LogP contribution in [0, 0.1) is 0 Å². The van der Waals surface area contributed by atoms with Crippen molar-refractivity contribution in [2.24, 2.45) is 0 Å². The van der Waals surface area contributed by atoms with Crippen LogP contribution in [0.15, 0.2) is 43.0 Å². The van der Waals surface area contributed by atoms with Crippen molar-refractivity contribution in [2.75, 3.05) is 19.7 Å². The first-order chi connectivity index (χ1) is 10.6. The highest BCUT2D eigenvalue weighted by Gasteiger charge is 2.31. The van der Waals surface area contributed by atoms with Crippen LogP contribution in [0.3, 0.4) is 0 Å². The molecule has 2 amide bonds. The number of hydrogen-bond acceptors (Lipinski definition) is 3. The van der Waals surface area contributed by atoms with Crippen LogP contribution >= 0.6 is 0 Å². The summed E-state index contributed by atoms with van der Waals surface area (Å²) in [5.41, 5.74) is 1.07. The summed E-state index contributed by atoms with van der Waals surface area (Å²) in [6.45, 7) is 6.72. The van der Waals surface area contributed by atoms with E-state index in [4.69, 9.17) is 4.74 Å². The molecule has 0 saturated carbocycles. The minimum atomic E-state index is -0.261. The molecule has 2 rings (SSSR count). The molecule has 0 aromatic heterocycles. The molecule has 2 unspecified atom stereocenters. The van der Waals surface area contributed by atoms with Crippen molar-refractivity contribution in [3.63, 3.8) is 0 Å². The number of rotatable bonds is 5. The maximum Gasteiger partial charge on any atom is 0.243 e. The molecule has 5 heteroatoms. The summed E-state index contributed by atoms with van der Waals surface area (Å²) >= 11 is 0. The first-order valence-corrected chi connectivity index (χ1v) is 7.48. The van der Waals surface area contributed by atoms with Gasteiger partial charge in [0.05, 0.1) is 18.8 Å². The zero-order chi connectivity index (χ0) is 15.9. The standard InChI is InChI=1S/C17H22N2O3/c1-3-16(20)18-10-9-17(21)19-11-13(2)22-12-15(19)14-7-5-4-6-8-14/h3-8,13,15H,1,9-12H2,2H3,(H,18,20). The topological polar surface area (TPSA) is 58.6 Å². The molecule has 1 N–H and O–H groups in total. The zero-order valence-corrected chi connectivity index (χ0v) is 12.8. The molecular weight excluding hydrogens is 280 g/mol. The van der Waals surface area contributed by atoms with Crippen LogP contribution < -0.4 is 5.32 Å². The van der Waals surface area contributed by atoms with E-state index in [1.165, 1.54) is 6.08 Å². The average molecular weight is 302 g/mol. The molecule has 1 aliphatic heterocycles. The lowest BCUT2D eigenvalue weighted by molar-refractivity contribution is -0.144. The highest BCUT2D eigenvalue weighted by Crippen LogP contribution is 2.26. The lowest BCUT2D eigenvalue weighted by atomic mass is 10.0. The predicted octanol–water partition coefficient (Wildman–Crippen LogP) is 1.67. The normalized spacial score (nSPS) is 21.2. The lowest BCUT2D eigenvalue weighted by Crippen LogP contribution is -2.47. The SMILES string of the molecule is C=CC(=O)NCCC(=O)N1CC(C)OCC1c1ccccc1. The van der Waals surface area contributed by atoms with E-state index in [0.717, 1.165) is 5.56 Å². The van der Waals surface area contributed by atoms with Gasteiger partial charge in [0.25, 0.3) is 0 Å².